The number of benzene rings is 1. The Morgan fingerprint density at radius 2 is 1.83 bits per heavy atom. The summed E-state index contributed by atoms with van der Waals surface area (Å²) in [6.45, 7) is 6.02. The van der Waals surface area contributed by atoms with Crippen molar-refractivity contribution in [3.8, 4) is 11.5 Å². The molecule has 0 saturated heterocycles. The molecule has 0 aliphatic carbocycles. The van der Waals surface area contributed by atoms with Crippen molar-refractivity contribution >= 4 is 21.8 Å². The lowest BCUT2D eigenvalue weighted by atomic mass is 10.2. The number of amides is 1. The Bertz CT molecular complexity index is 446. The van der Waals surface area contributed by atoms with Gasteiger partial charge in [-0.2, -0.15) is 0 Å². The summed E-state index contributed by atoms with van der Waals surface area (Å²) in [5.41, 5.74) is 1.37. The second-order valence-electron chi connectivity index (χ2n) is 3.83. The average molecular weight is 314 g/mol. The highest BCUT2D eigenvalue weighted by Crippen LogP contribution is 2.35. The van der Waals surface area contributed by atoms with E-state index in [0.717, 1.165) is 5.57 Å². The van der Waals surface area contributed by atoms with Crippen molar-refractivity contribution in [3.05, 3.63) is 34.3 Å². The van der Waals surface area contributed by atoms with Crippen molar-refractivity contribution in [3.63, 3.8) is 0 Å². The van der Waals surface area contributed by atoms with E-state index in [1.807, 2.05) is 6.92 Å². The smallest absolute Gasteiger partial charge is 0.251 e. The minimum absolute atomic E-state index is 0.192. The van der Waals surface area contributed by atoms with Gasteiger partial charge in [-0.3, -0.25) is 4.79 Å². The summed E-state index contributed by atoms with van der Waals surface area (Å²) in [7, 11) is 3.07. The van der Waals surface area contributed by atoms with Gasteiger partial charge in [0.2, 0.25) is 0 Å². The maximum Gasteiger partial charge on any atom is 0.251 e. The first kappa shape index (κ1) is 14.6. The standard InChI is InChI=1S/C13H16BrNO3/c1-8(2)7-15-13(16)9-5-10(17-3)12(14)11(6-9)18-4/h5-6H,1,7H2,2-4H3,(H,15,16). The SMILES string of the molecule is C=C(C)CNC(=O)c1cc(OC)c(Br)c(OC)c1. The molecule has 1 rings (SSSR count). The maximum absolute atomic E-state index is 11.9. The molecule has 0 spiro atoms. The van der Waals surface area contributed by atoms with E-state index in [4.69, 9.17) is 9.47 Å². The summed E-state index contributed by atoms with van der Waals surface area (Å²) in [6, 6.07) is 3.31. The quantitative estimate of drug-likeness (QED) is 0.850. The van der Waals surface area contributed by atoms with Crippen LogP contribution in [-0.4, -0.2) is 26.7 Å². The van der Waals surface area contributed by atoms with E-state index in [-0.39, 0.29) is 5.91 Å². The minimum atomic E-state index is -0.192. The van der Waals surface area contributed by atoms with Crippen LogP contribution in [0.15, 0.2) is 28.8 Å². The van der Waals surface area contributed by atoms with Crippen LogP contribution in [0.2, 0.25) is 0 Å². The molecule has 1 aromatic carbocycles. The molecule has 0 bridgehead atoms. The highest BCUT2D eigenvalue weighted by molar-refractivity contribution is 9.10. The molecule has 5 heteroatoms. The van der Waals surface area contributed by atoms with E-state index < -0.39 is 0 Å². The van der Waals surface area contributed by atoms with Crippen LogP contribution in [0.25, 0.3) is 0 Å². The van der Waals surface area contributed by atoms with E-state index in [1.165, 1.54) is 14.2 Å². The highest BCUT2D eigenvalue weighted by Gasteiger charge is 2.14. The third-order valence-corrected chi connectivity index (χ3v) is 3.04. The fraction of sp³-hybridized carbons (Fsp3) is 0.308. The van der Waals surface area contributed by atoms with E-state index in [1.54, 1.807) is 12.1 Å². The number of hydrogen-bond donors (Lipinski definition) is 1. The monoisotopic (exact) mass is 313 g/mol. The largest absolute Gasteiger partial charge is 0.495 e. The zero-order valence-electron chi connectivity index (χ0n) is 10.7. The number of nitrogens with one attached hydrogen (secondary N) is 1. The van der Waals surface area contributed by atoms with Crippen molar-refractivity contribution in [2.24, 2.45) is 0 Å². The fourth-order valence-electron chi connectivity index (χ4n) is 1.33. The molecule has 1 aromatic rings. The van der Waals surface area contributed by atoms with Gasteiger partial charge in [0.05, 0.1) is 14.2 Å². The van der Waals surface area contributed by atoms with Gasteiger partial charge < -0.3 is 14.8 Å². The zero-order valence-corrected chi connectivity index (χ0v) is 12.3. The van der Waals surface area contributed by atoms with Crippen molar-refractivity contribution in [1.82, 2.24) is 5.32 Å². The number of hydrogen-bond acceptors (Lipinski definition) is 3. The molecule has 1 amide bonds. The van der Waals surface area contributed by atoms with Gasteiger partial charge in [-0.25, -0.2) is 0 Å². The first-order valence-corrected chi connectivity index (χ1v) is 6.13. The normalized spacial score (nSPS) is 9.78. The van der Waals surface area contributed by atoms with Crippen LogP contribution in [0.5, 0.6) is 11.5 Å². The minimum Gasteiger partial charge on any atom is -0.495 e. The van der Waals surface area contributed by atoms with Gasteiger partial charge in [0.25, 0.3) is 5.91 Å². The average Bonchev–Trinajstić information content (AvgIpc) is 2.36. The van der Waals surface area contributed by atoms with Gasteiger partial charge in [0, 0.05) is 12.1 Å². The molecule has 0 aromatic heterocycles. The lowest BCUT2D eigenvalue weighted by molar-refractivity contribution is 0.0956. The van der Waals surface area contributed by atoms with Crippen LogP contribution in [0.1, 0.15) is 17.3 Å². The molecule has 0 aliphatic rings. The first-order valence-electron chi connectivity index (χ1n) is 5.33. The summed E-state index contributed by atoms with van der Waals surface area (Å²) < 4.78 is 11.0. The maximum atomic E-state index is 11.9. The van der Waals surface area contributed by atoms with Crippen molar-refractivity contribution in [2.75, 3.05) is 20.8 Å². The number of methoxy groups -OCH3 is 2. The number of carbonyl (C=O) groups excluding carboxylic acids is 1. The molecule has 0 fully saturated rings. The van der Waals surface area contributed by atoms with Gasteiger partial charge in [0.15, 0.2) is 0 Å². The molecule has 0 heterocycles. The third-order valence-electron chi connectivity index (χ3n) is 2.26. The Labute approximate surface area is 115 Å². The summed E-state index contributed by atoms with van der Waals surface area (Å²) >= 11 is 3.35. The van der Waals surface area contributed by atoms with Crippen LogP contribution in [0.3, 0.4) is 0 Å². The summed E-state index contributed by atoms with van der Waals surface area (Å²) in [5.74, 6) is 0.909. The second-order valence-corrected chi connectivity index (χ2v) is 4.63. The molecule has 18 heavy (non-hydrogen) atoms. The summed E-state index contributed by atoms with van der Waals surface area (Å²) in [5, 5.41) is 2.76. The lowest BCUT2D eigenvalue weighted by Gasteiger charge is -2.11. The lowest BCUT2D eigenvalue weighted by Crippen LogP contribution is -2.24. The molecule has 0 saturated carbocycles. The number of ether oxygens (including phenoxy) is 2. The van der Waals surface area contributed by atoms with Gasteiger partial charge in [-0.05, 0) is 35.0 Å². The van der Waals surface area contributed by atoms with Crippen LogP contribution in [0, 0.1) is 0 Å². The van der Waals surface area contributed by atoms with Crippen molar-refractivity contribution in [2.45, 2.75) is 6.92 Å². The molecule has 0 aliphatic heterocycles. The molecular formula is C13H16BrNO3. The van der Waals surface area contributed by atoms with Crippen molar-refractivity contribution in [1.29, 1.82) is 0 Å². The topological polar surface area (TPSA) is 47.6 Å². The highest BCUT2D eigenvalue weighted by atomic mass is 79.9. The van der Waals surface area contributed by atoms with Gasteiger partial charge in [-0.1, -0.05) is 12.2 Å². The fourth-order valence-corrected chi connectivity index (χ4v) is 1.89. The molecule has 98 valence electrons. The van der Waals surface area contributed by atoms with Gasteiger partial charge in [0.1, 0.15) is 16.0 Å². The van der Waals surface area contributed by atoms with Gasteiger partial charge >= 0.3 is 0 Å². The predicted molar refractivity (Wildman–Crippen MR) is 74.4 cm³/mol. The summed E-state index contributed by atoms with van der Waals surface area (Å²) in [6.07, 6.45) is 0. The van der Waals surface area contributed by atoms with Crippen LogP contribution in [-0.2, 0) is 0 Å². The van der Waals surface area contributed by atoms with E-state index in [9.17, 15) is 4.79 Å². The van der Waals surface area contributed by atoms with Crippen LogP contribution >= 0.6 is 15.9 Å². The molecule has 0 atom stereocenters. The number of halogens is 1. The van der Waals surface area contributed by atoms with E-state index in [0.29, 0.717) is 28.1 Å². The third kappa shape index (κ3) is 3.50. The predicted octanol–water partition coefficient (Wildman–Crippen LogP) is 2.77. The molecule has 4 nitrogen and oxygen atoms in total. The molecule has 0 radical (unpaired) electrons. The number of carbonyl (C=O) groups is 1. The van der Waals surface area contributed by atoms with Crippen molar-refractivity contribution < 1.29 is 14.3 Å². The molecular weight excluding hydrogens is 298 g/mol. The summed E-state index contributed by atoms with van der Waals surface area (Å²) in [4.78, 5) is 11.9. The van der Waals surface area contributed by atoms with Gasteiger partial charge in [-0.15, -0.1) is 0 Å². The Kier molecular flexibility index (Phi) is 5.22. The van der Waals surface area contributed by atoms with Crippen LogP contribution in [0.4, 0.5) is 0 Å². The van der Waals surface area contributed by atoms with Crippen LogP contribution < -0.4 is 14.8 Å². The first-order chi connectivity index (χ1) is 8.49. The number of rotatable bonds is 5. The Morgan fingerprint density at radius 1 is 1.33 bits per heavy atom. The van der Waals surface area contributed by atoms with E-state index in [2.05, 4.69) is 27.8 Å². The van der Waals surface area contributed by atoms with E-state index >= 15 is 0 Å². The molecule has 0 unspecified atom stereocenters. The molecule has 1 N–H and O–H groups in total. The zero-order chi connectivity index (χ0) is 13.7. The Morgan fingerprint density at radius 3 is 2.22 bits per heavy atom. The second kappa shape index (κ2) is 6.44. The Hall–Kier alpha value is -1.49. The Balaban J connectivity index is 3.02.